The van der Waals surface area contributed by atoms with Crippen molar-refractivity contribution in [3.8, 4) is 17.2 Å². The zero-order valence-corrected chi connectivity index (χ0v) is 17.2. The minimum Gasteiger partial charge on any atom is -0.493 e. The lowest BCUT2D eigenvalue weighted by atomic mass is 10.2. The van der Waals surface area contributed by atoms with Crippen LogP contribution in [0.25, 0.3) is 0 Å². The molecule has 0 radical (unpaired) electrons. The topological polar surface area (TPSA) is 68.7 Å². The van der Waals surface area contributed by atoms with Crippen molar-refractivity contribution < 1.29 is 31.1 Å². The van der Waals surface area contributed by atoms with E-state index in [0.29, 0.717) is 27.2 Å². The molecule has 0 atom stereocenters. The lowest BCUT2D eigenvalue weighted by Gasteiger charge is -2.25. The number of sulfonamides is 1. The van der Waals surface area contributed by atoms with Gasteiger partial charge in [0.25, 0.3) is 0 Å². The quantitative estimate of drug-likeness (QED) is 0.492. The van der Waals surface area contributed by atoms with Crippen molar-refractivity contribution in [2.45, 2.75) is 12.7 Å². The predicted octanol–water partition coefficient (Wildman–Crippen LogP) is 4.78. The van der Waals surface area contributed by atoms with Gasteiger partial charge in [-0.2, -0.15) is 13.2 Å². The second-order valence-corrected chi connectivity index (χ2v) is 8.34. The summed E-state index contributed by atoms with van der Waals surface area (Å²) < 4.78 is 75.4. The fraction of sp³-hybridized carbons (Fsp3) is 0.190. The number of hydrogen-bond donors (Lipinski definition) is 0. The predicted molar refractivity (Wildman–Crippen MR) is 110 cm³/mol. The van der Waals surface area contributed by atoms with Gasteiger partial charge in [0.15, 0.2) is 17.3 Å². The summed E-state index contributed by atoms with van der Waals surface area (Å²) in [4.78, 5) is 4.02. The average Bonchev–Trinajstić information content (AvgIpc) is 2.72. The highest BCUT2D eigenvalue weighted by molar-refractivity contribution is 7.92. The Hall–Kier alpha value is -3.27. The van der Waals surface area contributed by atoms with Crippen LogP contribution in [0.15, 0.2) is 72.9 Å². The van der Waals surface area contributed by atoms with Gasteiger partial charge in [0.2, 0.25) is 10.0 Å². The van der Waals surface area contributed by atoms with Gasteiger partial charge in [0, 0.05) is 6.20 Å². The number of pyridine rings is 1. The number of benzene rings is 2. The first-order valence-corrected chi connectivity index (χ1v) is 10.7. The lowest BCUT2D eigenvalue weighted by Crippen LogP contribution is -2.37. The molecular formula is C21H19F3N2O4S. The Labute approximate surface area is 177 Å². The molecule has 0 bridgehead atoms. The van der Waals surface area contributed by atoms with E-state index >= 15 is 0 Å². The number of alkyl halides is 3. The highest BCUT2D eigenvalue weighted by atomic mass is 32.2. The van der Waals surface area contributed by atoms with Crippen LogP contribution in [0.3, 0.4) is 0 Å². The Balaban J connectivity index is 1.90. The monoisotopic (exact) mass is 452 g/mol. The first-order chi connectivity index (χ1) is 14.7. The van der Waals surface area contributed by atoms with Crippen molar-refractivity contribution in [1.29, 1.82) is 0 Å². The molecule has 1 heterocycles. The lowest BCUT2D eigenvalue weighted by molar-refractivity contribution is -0.106. The largest absolute Gasteiger partial charge is 0.493 e. The maximum absolute atomic E-state index is 12.9. The molecule has 0 N–H and O–H groups in total. The number of halogens is 3. The number of aromatic nitrogens is 1. The molecule has 1 aromatic heterocycles. The minimum atomic E-state index is -4.88. The fourth-order valence-corrected chi connectivity index (χ4v) is 4.13. The first kappa shape index (κ1) is 22.4. The summed E-state index contributed by atoms with van der Waals surface area (Å²) in [5.74, 6) is -0.685. The van der Waals surface area contributed by atoms with E-state index in [-0.39, 0.29) is 12.2 Å². The third-order valence-corrected chi connectivity index (χ3v) is 5.84. The summed E-state index contributed by atoms with van der Waals surface area (Å²) >= 11 is 0. The maximum Gasteiger partial charge on any atom is 0.404 e. The van der Waals surface area contributed by atoms with Crippen LogP contribution in [0.1, 0.15) is 5.69 Å². The third-order valence-electron chi connectivity index (χ3n) is 4.14. The molecule has 0 aliphatic heterocycles. The molecule has 3 rings (SSSR count). The smallest absolute Gasteiger partial charge is 0.404 e. The maximum atomic E-state index is 12.9. The zero-order chi connectivity index (χ0) is 22.5. The van der Waals surface area contributed by atoms with Gasteiger partial charge in [-0.25, -0.2) is 8.42 Å². The number of para-hydroxylation sites is 2. The van der Waals surface area contributed by atoms with E-state index in [1.165, 1.54) is 43.6 Å². The van der Waals surface area contributed by atoms with E-state index < -0.39 is 22.0 Å². The number of rotatable bonds is 8. The minimum absolute atomic E-state index is 0.0577. The molecule has 0 saturated carbocycles. The van der Waals surface area contributed by atoms with Crippen molar-refractivity contribution >= 4 is 15.7 Å². The van der Waals surface area contributed by atoms with Crippen molar-refractivity contribution in [3.05, 3.63) is 78.6 Å². The second-order valence-electron chi connectivity index (χ2n) is 6.45. The molecule has 0 saturated heterocycles. The highest BCUT2D eigenvalue weighted by Crippen LogP contribution is 2.33. The van der Waals surface area contributed by atoms with E-state index in [0.717, 1.165) is 0 Å². The van der Waals surface area contributed by atoms with Gasteiger partial charge in [-0.1, -0.05) is 18.2 Å². The Morgan fingerprint density at radius 1 is 0.935 bits per heavy atom. The van der Waals surface area contributed by atoms with Crippen LogP contribution in [-0.2, 0) is 16.6 Å². The number of methoxy groups -OCH3 is 1. The Morgan fingerprint density at radius 3 is 2.16 bits per heavy atom. The van der Waals surface area contributed by atoms with Crippen LogP contribution in [0.2, 0.25) is 0 Å². The van der Waals surface area contributed by atoms with Crippen molar-refractivity contribution in [2.24, 2.45) is 0 Å². The summed E-state index contributed by atoms with van der Waals surface area (Å²) in [7, 11) is -3.21. The molecule has 31 heavy (non-hydrogen) atoms. The van der Waals surface area contributed by atoms with Gasteiger partial charge in [-0.05, 0) is 48.5 Å². The number of nitrogens with zero attached hydrogens (tertiary/aromatic N) is 2. The molecule has 10 heteroatoms. The number of anilines is 1. The SMILES string of the molecule is COc1ccccc1Oc1ccc(N(Cc2ccccn2)S(=O)(=O)CC(F)(F)F)cc1. The fourth-order valence-electron chi connectivity index (χ4n) is 2.78. The molecule has 0 aliphatic carbocycles. The molecule has 0 fully saturated rings. The Bertz CT molecular complexity index is 1110. The molecule has 0 unspecified atom stereocenters. The van der Waals surface area contributed by atoms with E-state index in [2.05, 4.69) is 4.98 Å². The van der Waals surface area contributed by atoms with Crippen LogP contribution in [-0.4, -0.2) is 32.4 Å². The summed E-state index contributed by atoms with van der Waals surface area (Å²) in [6.07, 6.45) is -3.44. The van der Waals surface area contributed by atoms with Gasteiger partial charge >= 0.3 is 6.18 Å². The molecule has 0 amide bonds. The summed E-state index contributed by atoms with van der Waals surface area (Å²) in [5, 5.41) is 0. The van der Waals surface area contributed by atoms with E-state index in [9.17, 15) is 21.6 Å². The summed E-state index contributed by atoms with van der Waals surface area (Å²) in [6, 6.07) is 17.4. The molecule has 0 spiro atoms. The summed E-state index contributed by atoms with van der Waals surface area (Å²) in [5.41, 5.74) is 0.366. The normalized spacial score (nSPS) is 11.7. The van der Waals surface area contributed by atoms with Crippen LogP contribution in [0, 0.1) is 0 Å². The molecule has 0 aliphatic rings. The van der Waals surface area contributed by atoms with Gasteiger partial charge in [-0.15, -0.1) is 0 Å². The number of hydrogen-bond acceptors (Lipinski definition) is 5. The summed E-state index contributed by atoms with van der Waals surface area (Å²) in [6.45, 7) is -0.341. The molecule has 3 aromatic rings. The Morgan fingerprint density at radius 2 is 1.58 bits per heavy atom. The Kier molecular flexibility index (Phi) is 6.69. The first-order valence-electron chi connectivity index (χ1n) is 9.06. The van der Waals surface area contributed by atoms with Crippen LogP contribution in [0.4, 0.5) is 18.9 Å². The second kappa shape index (κ2) is 9.25. The highest BCUT2D eigenvalue weighted by Gasteiger charge is 2.38. The van der Waals surface area contributed by atoms with Crippen LogP contribution in [0.5, 0.6) is 17.2 Å². The standard InChI is InChI=1S/C21H19F3N2O4S/c1-29-19-7-2-3-8-20(19)30-18-11-9-17(10-12-18)26(14-16-6-4-5-13-25-16)31(27,28)15-21(22,23)24/h2-13H,14-15H2,1H3. The molecule has 2 aromatic carbocycles. The van der Waals surface area contributed by atoms with Gasteiger partial charge in [0.05, 0.1) is 25.0 Å². The van der Waals surface area contributed by atoms with Crippen molar-refractivity contribution in [3.63, 3.8) is 0 Å². The van der Waals surface area contributed by atoms with Crippen molar-refractivity contribution in [1.82, 2.24) is 4.98 Å². The van der Waals surface area contributed by atoms with Gasteiger partial charge < -0.3 is 9.47 Å². The van der Waals surface area contributed by atoms with E-state index in [1.807, 2.05) is 0 Å². The van der Waals surface area contributed by atoms with Crippen molar-refractivity contribution in [2.75, 3.05) is 17.2 Å². The van der Waals surface area contributed by atoms with Crippen LogP contribution >= 0.6 is 0 Å². The van der Waals surface area contributed by atoms with E-state index in [4.69, 9.17) is 9.47 Å². The van der Waals surface area contributed by atoms with Crippen LogP contribution < -0.4 is 13.8 Å². The molecule has 6 nitrogen and oxygen atoms in total. The van der Waals surface area contributed by atoms with Gasteiger partial charge in [0.1, 0.15) is 5.75 Å². The average molecular weight is 452 g/mol. The van der Waals surface area contributed by atoms with Gasteiger partial charge in [-0.3, -0.25) is 9.29 Å². The molecule has 164 valence electrons. The molecular weight excluding hydrogens is 433 g/mol. The zero-order valence-electron chi connectivity index (χ0n) is 16.4. The number of ether oxygens (including phenoxy) is 2. The van der Waals surface area contributed by atoms with E-state index in [1.54, 1.807) is 36.4 Å². The third kappa shape index (κ3) is 6.11.